The van der Waals surface area contributed by atoms with Crippen LogP contribution in [0.4, 0.5) is 0 Å². The van der Waals surface area contributed by atoms with Crippen molar-refractivity contribution in [1.82, 2.24) is 4.90 Å². The summed E-state index contributed by atoms with van der Waals surface area (Å²) in [6, 6.07) is 0.262. The number of hydrogen-bond donors (Lipinski definition) is 1. The molecule has 80 valence electrons. The summed E-state index contributed by atoms with van der Waals surface area (Å²) in [5, 5.41) is 0. The molecule has 0 bridgehead atoms. The van der Waals surface area contributed by atoms with Gasteiger partial charge in [0.05, 0.1) is 0 Å². The summed E-state index contributed by atoms with van der Waals surface area (Å²) < 4.78 is 0. The molecule has 2 rings (SSSR count). The molecule has 0 aromatic heterocycles. The minimum absolute atomic E-state index is 0.216. The standard InChI is InChI=1S/C11H20N2O/c1-13(7-8-2-3-8)11(14)9-4-5-10(12)6-9/h8-10H,2-7,12H2,1H3. The maximum absolute atomic E-state index is 11.9. The average Bonchev–Trinajstić information content (AvgIpc) is 2.85. The summed E-state index contributed by atoms with van der Waals surface area (Å²) in [5.74, 6) is 1.33. The molecular weight excluding hydrogens is 176 g/mol. The number of hydrogen-bond acceptors (Lipinski definition) is 2. The zero-order valence-corrected chi connectivity index (χ0v) is 8.91. The fourth-order valence-electron chi connectivity index (χ4n) is 2.33. The topological polar surface area (TPSA) is 46.3 Å². The summed E-state index contributed by atoms with van der Waals surface area (Å²) in [6.45, 7) is 0.963. The minimum atomic E-state index is 0.216. The Hall–Kier alpha value is -0.570. The molecular formula is C11H20N2O. The van der Waals surface area contributed by atoms with Crippen molar-refractivity contribution >= 4 is 5.91 Å². The molecule has 0 aromatic rings. The Morgan fingerprint density at radius 3 is 2.57 bits per heavy atom. The van der Waals surface area contributed by atoms with Gasteiger partial charge in [0.15, 0.2) is 0 Å². The van der Waals surface area contributed by atoms with Gasteiger partial charge >= 0.3 is 0 Å². The van der Waals surface area contributed by atoms with Crippen LogP contribution in [0.1, 0.15) is 32.1 Å². The van der Waals surface area contributed by atoms with E-state index in [1.165, 1.54) is 12.8 Å². The predicted octanol–water partition coefficient (Wildman–Crippen LogP) is 0.982. The Kier molecular flexibility index (Phi) is 2.77. The van der Waals surface area contributed by atoms with Crippen molar-refractivity contribution in [3.8, 4) is 0 Å². The van der Waals surface area contributed by atoms with Gasteiger partial charge in [-0.15, -0.1) is 0 Å². The third kappa shape index (κ3) is 2.27. The van der Waals surface area contributed by atoms with E-state index in [2.05, 4.69) is 0 Å². The van der Waals surface area contributed by atoms with E-state index in [1.807, 2.05) is 11.9 Å². The number of nitrogens with two attached hydrogens (primary N) is 1. The summed E-state index contributed by atoms with van der Waals surface area (Å²) in [6.07, 6.45) is 5.53. The molecule has 0 radical (unpaired) electrons. The zero-order valence-electron chi connectivity index (χ0n) is 8.91. The van der Waals surface area contributed by atoms with E-state index in [9.17, 15) is 4.79 Å². The van der Waals surface area contributed by atoms with Crippen LogP contribution in [0, 0.1) is 11.8 Å². The first-order valence-electron chi connectivity index (χ1n) is 5.67. The van der Waals surface area contributed by atoms with Crippen molar-refractivity contribution in [1.29, 1.82) is 0 Å². The third-order valence-electron chi connectivity index (χ3n) is 3.43. The second-order valence-electron chi connectivity index (χ2n) is 4.93. The smallest absolute Gasteiger partial charge is 0.225 e. The minimum Gasteiger partial charge on any atom is -0.345 e. The van der Waals surface area contributed by atoms with E-state index in [-0.39, 0.29) is 12.0 Å². The molecule has 3 nitrogen and oxygen atoms in total. The van der Waals surface area contributed by atoms with Crippen LogP contribution in [0.3, 0.4) is 0 Å². The van der Waals surface area contributed by atoms with E-state index in [4.69, 9.17) is 5.73 Å². The van der Waals surface area contributed by atoms with Crippen LogP contribution in [0.15, 0.2) is 0 Å². The SMILES string of the molecule is CN(CC1CC1)C(=O)C1CCC(N)C1. The van der Waals surface area contributed by atoms with E-state index in [1.54, 1.807) is 0 Å². The molecule has 1 amide bonds. The third-order valence-corrected chi connectivity index (χ3v) is 3.43. The molecule has 2 aliphatic rings. The normalized spacial score (nSPS) is 31.9. The van der Waals surface area contributed by atoms with Crippen LogP contribution >= 0.6 is 0 Å². The summed E-state index contributed by atoms with van der Waals surface area (Å²) in [4.78, 5) is 13.8. The molecule has 3 heteroatoms. The summed E-state index contributed by atoms with van der Waals surface area (Å²) in [5.41, 5.74) is 5.81. The average molecular weight is 196 g/mol. The highest BCUT2D eigenvalue weighted by atomic mass is 16.2. The maximum Gasteiger partial charge on any atom is 0.225 e. The van der Waals surface area contributed by atoms with Crippen molar-refractivity contribution in [2.75, 3.05) is 13.6 Å². The second-order valence-corrected chi connectivity index (χ2v) is 4.93. The molecule has 0 aromatic carbocycles. The number of amides is 1. The molecule has 2 aliphatic carbocycles. The van der Waals surface area contributed by atoms with Gasteiger partial charge in [0.1, 0.15) is 0 Å². The lowest BCUT2D eigenvalue weighted by Crippen LogP contribution is -2.34. The lowest BCUT2D eigenvalue weighted by molar-refractivity contribution is -0.134. The van der Waals surface area contributed by atoms with Gasteiger partial charge in [0.25, 0.3) is 0 Å². The van der Waals surface area contributed by atoms with Gasteiger partial charge in [0.2, 0.25) is 5.91 Å². The van der Waals surface area contributed by atoms with Gasteiger partial charge in [-0.2, -0.15) is 0 Å². The molecule has 0 aliphatic heterocycles. The lowest BCUT2D eigenvalue weighted by Gasteiger charge is -2.20. The van der Waals surface area contributed by atoms with Gasteiger partial charge in [-0.3, -0.25) is 4.79 Å². The van der Waals surface area contributed by atoms with E-state index in [0.29, 0.717) is 5.91 Å². The van der Waals surface area contributed by atoms with Crippen LogP contribution in [0.2, 0.25) is 0 Å². The molecule has 2 atom stereocenters. The number of carbonyl (C=O) groups is 1. The molecule has 2 N–H and O–H groups in total. The first-order chi connectivity index (χ1) is 6.66. The number of nitrogens with zero attached hydrogens (tertiary/aromatic N) is 1. The second kappa shape index (κ2) is 3.89. The molecule has 0 saturated heterocycles. The molecule has 2 saturated carbocycles. The zero-order chi connectivity index (χ0) is 10.1. The fourth-order valence-corrected chi connectivity index (χ4v) is 2.33. The van der Waals surface area contributed by atoms with E-state index < -0.39 is 0 Å². The highest BCUT2D eigenvalue weighted by Crippen LogP contribution is 2.31. The Morgan fingerprint density at radius 1 is 1.36 bits per heavy atom. The van der Waals surface area contributed by atoms with Gasteiger partial charge in [0, 0.05) is 25.6 Å². The van der Waals surface area contributed by atoms with Crippen molar-refractivity contribution in [3.63, 3.8) is 0 Å². The number of carbonyl (C=O) groups excluding carboxylic acids is 1. The molecule has 14 heavy (non-hydrogen) atoms. The fraction of sp³-hybridized carbons (Fsp3) is 0.909. The van der Waals surface area contributed by atoms with Gasteiger partial charge in [-0.25, -0.2) is 0 Å². The van der Waals surface area contributed by atoms with E-state index >= 15 is 0 Å². The number of rotatable bonds is 3. The summed E-state index contributed by atoms with van der Waals surface area (Å²) in [7, 11) is 1.94. The lowest BCUT2D eigenvalue weighted by atomic mass is 10.1. The predicted molar refractivity (Wildman–Crippen MR) is 55.7 cm³/mol. The Morgan fingerprint density at radius 2 is 2.07 bits per heavy atom. The van der Waals surface area contributed by atoms with Gasteiger partial charge in [-0.05, 0) is 38.0 Å². The Labute approximate surface area is 85.6 Å². The molecule has 2 unspecified atom stereocenters. The largest absolute Gasteiger partial charge is 0.345 e. The van der Waals surface area contributed by atoms with Crippen LogP contribution in [0.25, 0.3) is 0 Å². The van der Waals surface area contributed by atoms with Crippen molar-refractivity contribution in [2.24, 2.45) is 17.6 Å². The van der Waals surface area contributed by atoms with Gasteiger partial charge in [-0.1, -0.05) is 0 Å². The van der Waals surface area contributed by atoms with E-state index in [0.717, 1.165) is 31.7 Å². The van der Waals surface area contributed by atoms with Crippen LogP contribution in [-0.4, -0.2) is 30.4 Å². The van der Waals surface area contributed by atoms with Gasteiger partial charge < -0.3 is 10.6 Å². The first kappa shape index (κ1) is 9.97. The molecule has 2 fully saturated rings. The molecule has 0 heterocycles. The van der Waals surface area contributed by atoms with Crippen molar-refractivity contribution in [3.05, 3.63) is 0 Å². The monoisotopic (exact) mass is 196 g/mol. The summed E-state index contributed by atoms with van der Waals surface area (Å²) >= 11 is 0. The Balaban J connectivity index is 1.80. The maximum atomic E-state index is 11.9. The van der Waals surface area contributed by atoms with Crippen LogP contribution < -0.4 is 5.73 Å². The quantitative estimate of drug-likeness (QED) is 0.731. The Bertz CT molecular complexity index is 225. The first-order valence-corrected chi connectivity index (χ1v) is 5.67. The molecule has 0 spiro atoms. The highest BCUT2D eigenvalue weighted by Gasteiger charge is 2.32. The van der Waals surface area contributed by atoms with Crippen molar-refractivity contribution in [2.45, 2.75) is 38.1 Å². The highest BCUT2D eigenvalue weighted by molar-refractivity contribution is 5.79. The van der Waals surface area contributed by atoms with Crippen LogP contribution in [-0.2, 0) is 4.79 Å². The van der Waals surface area contributed by atoms with Crippen molar-refractivity contribution < 1.29 is 4.79 Å². The van der Waals surface area contributed by atoms with Crippen LogP contribution in [0.5, 0.6) is 0 Å².